The average Bonchev–Trinajstić information content (AvgIpc) is 2.30. The monoisotopic (exact) mass is 234 g/mol. The topological polar surface area (TPSA) is 24.9 Å². The molecule has 0 aliphatic heterocycles. The summed E-state index contributed by atoms with van der Waals surface area (Å²) in [6.07, 6.45) is 3.24. The SMILES string of the molecule is CC(Nc1cccnc1)c1c(F)cccc1F. The predicted molar refractivity (Wildman–Crippen MR) is 62.6 cm³/mol. The second-order valence-electron chi connectivity index (χ2n) is 3.74. The van der Waals surface area contributed by atoms with Crippen molar-refractivity contribution < 1.29 is 8.78 Å². The minimum atomic E-state index is -0.547. The van der Waals surface area contributed by atoms with Gasteiger partial charge in [-0.05, 0) is 31.2 Å². The molecule has 0 saturated carbocycles. The first-order chi connectivity index (χ1) is 8.18. The van der Waals surface area contributed by atoms with Gasteiger partial charge in [-0.15, -0.1) is 0 Å². The quantitative estimate of drug-likeness (QED) is 0.878. The Kier molecular flexibility index (Phi) is 3.32. The second-order valence-corrected chi connectivity index (χ2v) is 3.74. The Balaban J connectivity index is 2.23. The minimum absolute atomic E-state index is 0.0383. The number of aromatic nitrogens is 1. The molecule has 2 nitrogen and oxygen atoms in total. The van der Waals surface area contributed by atoms with Crippen LogP contribution in [0.1, 0.15) is 18.5 Å². The molecule has 0 spiro atoms. The molecule has 0 saturated heterocycles. The molecule has 0 bridgehead atoms. The maximum atomic E-state index is 13.5. The summed E-state index contributed by atoms with van der Waals surface area (Å²) in [5.41, 5.74) is 0.763. The highest BCUT2D eigenvalue weighted by molar-refractivity contribution is 5.43. The molecule has 88 valence electrons. The molecule has 1 heterocycles. The molecular formula is C13H12F2N2. The van der Waals surface area contributed by atoms with Crippen molar-refractivity contribution in [1.29, 1.82) is 0 Å². The lowest BCUT2D eigenvalue weighted by Gasteiger charge is -2.16. The molecule has 0 aliphatic carbocycles. The van der Waals surface area contributed by atoms with Crippen molar-refractivity contribution >= 4 is 5.69 Å². The molecule has 0 fully saturated rings. The number of nitrogens with one attached hydrogen (secondary N) is 1. The standard InChI is InChI=1S/C13H12F2N2/c1-9(17-10-4-3-7-16-8-10)13-11(14)5-2-6-12(13)15/h2-9,17H,1H3. The van der Waals surface area contributed by atoms with Crippen LogP contribution in [0.5, 0.6) is 0 Å². The van der Waals surface area contributed by atoms with Crippen LogP contribution in [0, 0.1) is 11.6 Å². The van der Waals surface area contributed by atoms with Crippen LogP contribution in [-0.4, -0.2) is 4.98 Å². The molecule has 2 aromatic rings. The van der Waals surface area contributed by atoms with Crippen LogP contribution in [0.25, 0.3) is 0 Å². The fraction of sp³-hybridized carbons (Fsp3) is 0.154. The Hall–Kier alpha value is -1.97. The fourth-order valence-corrected chi connectivity index (χ4v) is 1.69. The highest BCUT2D eigenvalue weighted by Crippen LogP contribution is 2.23. The van der Waals surface area contributed by atoms with Crippen LogP contribution in [0.4, 0.5) is 14.5 Å². The van der Waals surface area contributed by atoms with Gasteiger partial charge in [0.15, 0.2) is 0 Å². The number of nitrogens with zero attached hydrogens (tertiary/aromatic N) is 1. The van der Waals surface area contributed by atoms with Gasteiger partial charge in [-0.25, -0.2) is 8.78 Å². The summed E-state index contributed by atoms with van der Waals surface area (Å²) in [6.45, 7) is 1.70. The maximum absolute atomic E-state index is 13.5. The third-order valence-corrected chi connectivity index (χ3v) is 2.48. The van der Waals surface area contributed by atoms with Gasteiger partial charge in [-0.2, -0.15) is 0 Å². The summed E-state index contributed by atoms with van der Waals surface area (Å²) < 4.78 is 27.0. The lowest BCUT2D eigenvalue weighted by atomic mass is 10.1. The number of benzene rings is 1. The summed E-state index contributed by atoms with van der Waals surface area (Å²) in [5.74, 6) is -1.09. The number of hydrogen-bond donors (Lipinski definition) is 1. The van der Waals surface area contributed by atoms with E-state index < -0.39 is 17.7 Å². The maximum Gasteiger partial charge on any atom is 0.131 e. The van der Waals surface area contributed by atoms with Gasteiger partial charge in [0.2, 0.25) is 0 Å². The van der Waals surface area contributed by atoms with E-state index in [1.165, 1.54) is 18.2 Å². The van der Waals surface area contributed by atoms with Crippen molar-refractivity contribution in [2.45, 2.75) is 13.0 Å². The van der Waals surface area contributed by atoms with E-state index in [0.29, 0.717) is 0 Å². The van der Waals surface area contributed by atoms with Crippen LogP contribution in [0.15, 0.2) is 42.7 Å². The van der Waals surface area contributed by atoms with Gasteiger partial charge in [0.25, 0.3) is 0 Å². The van der Waals surface area contributed by atoms with E-state index in [1.54, 1.807) is 31.5 Å². The van der Waals surface area contributed by atoms with Crippen molar-refractivity contribution in [3.8, 4) is 0 Å². The van der Waals surface area contributed by atoms with Crippen molar-refractivity contribution in [1.82, 2.24) is 4.98 Å². The Morgan fingerprint density at radius 1 is 1.12 bits per heavy atom. The number of halogens is 2. The van der Waals surface area contributed by atoms with Gasteiger partial charge in [-0.3, -0.25) is 4.98 Å². The predicted octanol–water partition coefficient (Wildman–Crippen LogP) is 3.53. The molecular weight excluding hydrogens is 222 g/mol. The van der Waals surface area contributed by atoms with E-state index in [0.717, 1.165) is 5.69 Å². The lowest BCUT2D eigenvalue weighted by molar-refractivity contribution is 0.544. The number of pyridine rings is 1. The average molecular weight is 234 g/mol. The summed E-state index contributed by atoms with van der Waals surface area (Å²) in [4.78, 5) is 3.93. The van der Waals surface area contributed by atoms with Gasteiger partial charge in [0, 0.05) is 18.0 Å². The first kappa shape index (κ1) is 11.5. The molecule has 17 heavy (non-hydrogen) atoms. The molecule has 1 unspecified atom stereocenters. The molecule has 2 rings (SSSR count). The van der Waals surface area contributed by atoms with Crippen molar-refractivity contribution in [2.75, 3.05) is 5.32 Å². The molecule has 1 atom stereocenters. The fourth-order valence-electron chi connectivity index (χ4n) is 1.69. The third-order valence-electron chi connectivity index (χ3n) is 2.48. The van der Waals surface area contributed by atoms with E-state index in [4.69, 9.17) is 0 Å². The molecule has 1 aromatic heterocycles. The van der Waals surface area contributed by atoms with Gasteiger partial charge in [-0.1, -0.05) is 6.07 Å². The van der Waals surface area contributed by atoms with Gasteiger partial charge >= 0.3 is 0 Å². The molecule has 0 aliphatic rings. The number of anilines is 1. The Morgan fingerprint density at radius 3 is 2.41 bits per heavy atom. The zero-order valence-electron chi connectivity index (χ0n) is 9.32. The van der Waals surface area contributed by atoms with Gasteiger partial charge in [0.05, 0.1) is 11.7 Å². The third kappa shape index (κ3) is 2.58. The van der Waals surface area contributed by atoms with E-state index in [1.807, 2.05) is 0 Å². The van der Waals surface area contributed by atoms with Crippen LogP contribution >= 0.6 is 0 Å². The molecule has 1 N–H and O–H groups in total. The lowest BCUT2D eigenvalue weighted by Crippen LogP contribution is -2.10. The van der Waals surface area contributed by atoms with Crippen molar-refractivity contribution in [2.24, 2.45) is 0 Å². The Bertz CT molecular complexity index is 480. The van der Waals surface area contributed by atoms with Crippen LogP contribution < -0.4 is 5.32 Å². The zero-order valence-corrected chi connectivity index (χ0v) is 9.32. The molecule has 0 radical (unpaired) electrons. The number of hydrogen-bond acceptors (Lipinski definition) is 2. The van der Waals surface area contributed by atoms with Crippen molar-refractivity contribution in [3.63, 3.8) is 0 Å². The van der Waals surface area contributed by atoms with Crippen molar-refractivity contribution in [3.05, 3.63) is 59.9 Å². The summed E-state index contributed by atoms with van der Waals surface area (Å²) in [6, 6.07) is 6.94. The van der Waals surface area contributed by atoms with E-state index in [9.17, 15) is 8.78 Å². The largest absolute Gasteiger partial charge is 0.377 e. The van der Waals surface area contributed by atoms with Crippen LogP contribution in [-0.2, 0) is 0 Å². The Labute approximate surface area is 98.3 Å². The second kappa shape index (κ2) is 4.91. The highest BCUT2D eigenvalue weighted by atomic mass is 19.1. The van der Waals surface area contributed by atoms with E-state index >= 15 is 0 Å². The summed E-state index contributed by atoms with van der Waals surface area (Å²) >= 11 is 0. The molecule has 1 aromatic carbocycles. The molecule has 4 heteroatoms. The summed E-state index contributed by atoms with van der Waals surface area (Å²) in [7, 11) is 0. The van der Waals surface area contributed by atoms with E-state index in [-0.39, 0.29) is 5.56 Å². The minimum Gasteiger partial charge on any atom is -0.377 e. The zero-order chi connectivity index (χ0) is 12.3. The molecule has 0 amide bonds. The smallest absolute Gasteiger partial charge is 0.131 e. The van der Waals surface area contributed by atoms with Crippen LogP contribution in [0.3, 0.4) is 0 Å². The first-order valence-electron chi connectivity index (χ1n) is 5.29. The van der Waals surface area contributed by atoms with Gasteiger partial charge < -0.3 is 5.32 Å². The Morgan fingerprint density at radius 2 is 1.82 bits per heavy atom. The van der Waals surface area contributed by atoms with E-state index in [2.05, 4.69) is 10.3 Å². The highest BCUT2D eigenvalue weighted by Gasteiger charge is 2.15. The van der Waals surface area contributed by atoms with Gasteiger partial charge in [0.1, 0.15) is 11.6 Å². The summed E-state index contributed by atoms with van der Waals surface area (Å²) in [5, 5.41) is 3.00. The van der Waals surface area contributed by atoms with Crippen LogP contribution in [0.2, 0.25) is 0 Å². The number of rotatable bonds is 3. The normalized spacial score (nSPS) is 12.2. The first-order valence-corrected chi connectivity index (χ1v) is 5.29.